The van der Waals surface area contributed by atoms with Crippen LogP contribution in [0.3, 0.4) is 0 Å². The first-order chi connectivity index (χ1) is 13.7. The van der Waals surface area contributed by atoms with Crippen molar-refractivity contribution in [3.8, 4) is 28.1 Å². The van der Waals surface area contributed by atoms with E-state index >= 15 is 4.39 Å². The molecule has 0 aliphatic heterocycles. The van der Waals surface area contributed by atoms with Crippen LogP contribution in [0, 0.1) is 5.82 Å². The number of hydrogen-bond donors (Lipinski definition) is 0. The van der Waals surface area contributed by atoms with Gasteiger partial charge in [-0.25, -0.2) is 4.39 Å². The monoisotopic (exact) mass is 393 g/mol. The lowest BCUT2D eigenvalue weighted by molar-refractivity contribution is 0.412. The van der Waals surface area contributed by atoms with Crippen LogP contribution in [0.25, 0.3) is 22.4 Å². The van der Waals surface area contributed by atoms with Gasteiger partial charge >= 0.3 is 0 Å². The Kier molecular flexibility index (Phi) is 5.08. The summed E-state index contributed by atoms with van der Waals surface area (Å²) >= 11 is 6.09. The van der Waals surface area contributed by atoms with Gasteiger partial charge in [0.05, 0.1) is 31.1 Å². The fraction of sp³-hybridized carbons (Fsp3) is 0.0909. The van der Waals surface area contributed by atoms with Gasteiger partial charge in [-0.2, -0.15) is 5.10 Å². The van der Waals surface area contributed by atoms with Gasteiger partial charge < -0.3 is 4.74 Å². The molecule has 28 heavy (non-hydrogen) atoms. The number of hydrogen-bond acceptors (Lipinski definition) is 3. The summed E-state index contributed by atoms with van der Waals surface area (Å²) in [5.41, 5.74) is 3.26. The average molecular weight is 394 g/mol. The van der Waals surface area contributed by atoms with Crippen molar-refractivity contribution in [2.24, 2.45) is 0 Å². The summed E-state index contributed by atoms with van der Waals surface area (Å²) < 4.78 is 22.4. The second kappa shape index (κ2) is 7.82. The largest absolute Gasteiger partial charge is 0.496 e. The maximum atomic E-state index is 15.4. The van der Waals surface area contributed by atoms with Crippen molar-refractivity contribution >= 4 is 11.6 Å². The predicted molar refractivity (Wildman–Crippen MR) is 108 cm³/mol. The first kappa shape index (κ1) is 18.2. The molecule has 0 spiro atoms. The van der Waals surface area contributed by atoms with Crippen molar-refractivity contribution in [1.82, 2.24) is 14.8 Å². The molecule has 0 bridgehead atoms. The Bertz CT molecular complexity index is 1110. The third kappa shape index (κ3) is 3.62. The van der Waals surface area contributed by atoms with E-state index in [4.69, 9.17) is 16.3 Å². The van der Waals surface area contributed by atoms with Crippen molar-refractivity contribution in [3.05, 3.63) is 89.6 Å². The van der Waals surface area contributed by atoms with Crippen LogP contribution in [-0.4, -0.2) is 21.9 Å². The molecule has 2 aromatic carbocycles. The summed E-state index contributed by atoms with van der Waals surface area (Å²) in [5, 5.41) is 4.88. The number of rotatable bonds is 5. The average Bonchev–Trinajstić information content (AvgIpc) is 3.18. The molecule has 6 heteroatoms. The predicted octanol–water partition coefficient (Wildman–Crippen LogP) is 5.46. The van der Waals surface area contributed by atoms with Crippen LogP contribution in [0.2, 0.25) is 5.02 Å². The molecular formula is C22H17ClFN3O. The summed E-state index contributed by atoms with van der Waals surface area (Å²) in [6.07, 6.45) is 5.31. The smallest absolute Gasteiger partial charge is 0.139 e. The molecule has 4 nitrogen and oxygen atoms in total. The summed E-state index contributed by atoms with van der Waals surface area (Å²) in [6, 6.07) is 16.2. The van der Waals surface area contributed by atoms with Gasteiger partial charge in [-0.3, -0.25) is 9.67 Å². The minimum atomic E-state index is -0.350. The number of benzene rings is 2. The molecule has 2 heterocycles. The van der Waals surface area contributed by atoms with Crippen LogP contribution in [0.5, 0.6) is 5.75 Å². The second-order valence-electron chi connectivity index (χ2n) is 6.27. The van der Waals surface area contributed by atoms with E-state index in [-0.39, 0.29) is 12.4 Å². The second-order valence-corrected chi connectivity index (χ2v) is 6.70. The molecule has 140 valence electrons. The molecule has 0 aliphatic rings. The van der Waals surface area contributed by atoms with E-state index in [2.05, 4.69) is 10.1 Å². The van der Waals surface area contributed by atoms with Gasteiger partial charge in [0.25, 0.3) is 0 Å². The van der Waals surface area contributed by atoms with Crippen molar-refractivity contribution in [3.63, 3.8) is 0 Å². The summed E-state index contributed by atoms with van der Waals surface area (Å²) in [5.74, 6) is 0.106. The lowest BCUT2D eigenvalue weighted by Crippen LogP contribution is -2.04. The molecule has 0 amide bonds. The van der Waals surface area contributed by atoms with Crippen molar-refractivity contribution in [2.75, 3.05) is 7.11 Å². The number of ether oxygens (including phenoxy) is 1. The zero-order valence-corrected chi connectivity index (χ0v) is 15.9. The molecule has 0 fully saturated rings. The minimum Gasteiger partial charge on any atom is -0.496 e. The maximum Gasteiger partial charge on any atom is 0.139 e. The van der Waals surface area contributed by atoms with Crippen molar-refractivity contribution in [1.29, 1.82) is 0 Å². The van der Waals surface area contributed by atoms with Gasteiger partial charge in [0.1, 0.15) is 11.6 Å². The molecule has 0 atom stereocenters. The molecule has 0 saturated carbocycles. The van der Waals surface area contributed by atoms with Crippen LogP contribution in [0.4, 0.5) is 4.39 Å². The van der Waals surface area contributed by atoms with Gasteiger partial charge in [-0.05, 0) is 35.9 Å². The first-order valence-electron chi connectivity index (χ1n) is 8.71. The van der Waals surface area contributed by atoms with Crippen LogP contribution >= 0.6 is 11.6 Å². The van der Waals surface area contributed by atoms with E-state index in [1.165, 1.54) is 7.11 Å². The van der Waals surface area contributed by atoms with E-state index in [0.29, 0.717) is 27.5 Å². The van der Waals surface area contributed by atoms with Crippen LogP contribution in [-0.2, 0) is 6.54 Å². The summed E-state index contributed by atoms with van der Waals surface area (Å²) in [4.78, 5) is 4.32. The third-order valence-electron chi connectivity index (χ3n) is 4.44. The first-order valence-corrected chi connectivity index (χ1v) is 9.08. The number of nitrogens with zero attached hydrogens (tertiary/aromatic N) is 3. The molecule has 2 aromatic heterocycles. The topological polar surface area (TPSA) is 39.9 Å². The maximum absolute atomic E-state index is 15.4. The van der Waals surface area contributed by atoms with E-state index in [9.17, 15) is 0 Å². The van der Waals surface area contributed by atoms with Crippen LogP contribution in [0.1, 0.15) is 5.56 Å². The van der Waals surface area contributed by atoms with Crippen LogP contribution < -0.4 is 4.74 Å². The third-order valence-corrected chi connectivity index (χ3v) is 4.68. The minimum absolute atomic E-state index is 0.288. The highest BCUT2D eigenvalue weighted by Gasteiger charge is 2.17. The lowest BCUT2D eigenvalue weighted by Gasteiger charge is -2.14. The molecule has 0 N–H and O–H groups in total. The van der Waals surface area contributed by atoms with E-state index in [1.54, 1.807) is 47.4 Å². The summed E-state index contributed by atoms with van der Waals surface area (Å²) in [7, 11) is 1.52. The van der Waals surface area contributed by atoms with Crippen LogP contribution in [0.15, 0.2) is 73.2 Å². The zero-order chi connectivity index (χ0) is 19.5. The standard InChI is InChI=1S/C22H17ClFN3O/c1-28-20-9-8-16(22(24)21(20)15-5-4-6-18(23)11-15)13-27-14-17(12-26-27)19-7-2-3-10-25-19/h2-12,14H,13H2,1H3. The molecule has 0 aliphatic carbocycles. The number of aromatic nitrogens is 3. The highest BCUT2D eigenvalue weighted by Crippen LogP contribution is 2.35. The Morgan fingerprint density at radius 2 is 1.96 bits per heavy atom. The number of halogens is 2. The van der Waals surface area contributed by atoms with Gasteiger partial charge in [0.2, 0.25) is 0 Å². The molecule has 4 aromatic rings. The molecule has 4 rings (SSSR count). The fourth-order valence-electron chi connectivity index (χ4n) is 3.10. The van der Waals surface area contributed by atoms with Gasteiger partial charge in [0, 0.05) is 28.5 Å². The Balaban J connectivity index is 1.70. The lowest BCUT2D eigenvalue weighted by atomic mass is 10.0. The highest BCUT2D eigenvalue weighted by molar-refractivity contribution is 6.30. The Labute approximate surface area is 167 Å². The quantitative estimate of drug-likeness (QED) is 0.452. The fourth-order valence-corrected chi connectivity index (χ4v) is 3.29. The van der Waals surface area contributed by atoms with E-state index < -0.39 is 0 Å². The molecular weight excluding hydrogens is 377 g/mol. The summed E-state index contributed by atoms with van der Waals surface area (Å²) in [6.45, 7) is 0.288. The Morgan fingerprint density at radius 3 is 2.71 bits per heavy atom. The zero-order valence-electron chi connectivity index (χ0n) is 15.1. The number of methoxy groups -OCH3 is 1. The Hall–Kier alpha value is -3.18. The normalized spacial score (nSPS) is 10.8. The van der Waals surface area contributed by atoms with Gasteiger partial charge in [-0.15, -0.1) is 0 Å². The Morgan fingerprint density at radius 1 is 1.07 bits per heavy atom. The van der Waals surface area contributed by atoms with Gasteiger partial charge in [-0.1, -0.05) is 35.9 Å². The SMILES string of the molecule is COc1ccc(Cn2cc(-c3ccccn3)cn2)c(F)c1-c1cccc(Cl)c1. The molecule has 0 radical (unpaired) electrons. The van der Waals surface area contributed by atoms with E-state index in [1.807, 2.05) is 30.5 Å². The van der Waals surface area contributed by atoms with Crippen molar-refractivity contribution < 1.29 is 9.13 Å². The van der Waals surface area contributed by atoms with Crippen molar-refractivity contribution in [2.45, 2.75) is 6.54 Å². The van der Waals surface area contributed by atoms with E-state index in [0.717, 1.165) is 11.3 Å². The number of pyridine rings is 1. The van der Waals surface area contributed by atoms with Gasteiger partial charge in [0.15, 0.2) is 0 Å². The highest BCUT2D eigenvalue weighted by atomic mass is 35.5. The molecule has 0 saturated heterocycles. The molecule has 0 unspecified atom stereocenters.